The molecule has 174 valence electrons. The van der Waals surface area contributed by atoms with E-state index in [4.69, 9.17) is 10.00 Å². The smallest absolute Gasteiger partial charge is 0.346 e. The van der Waals surface area contributed by atoms with Gasteiger partial charge >= 0.3 is 5.97 Å². The van der Waals surface area contributed by atoms with Gasteiger partial charge in [0.15, 0.2) is 0 Å². The predicted octanol–water partition coefficient (Wildman–Crippen LogP) is 7.21. The van der Waals surface area contributed by atoms with E-state index in [1.807, 2.05) is 42.5 Å². The van der Waals surface area contributed by atoms with Crippen LogP contribution in [0.15, 0.2) is 84.9 Å². The van der Waals surface area contributed by atoms with Crippen molar-refractivity contribution in [2.75, 3.05) is 0 Å². The molecule has 3 nitrogen and oxygen atoms in total. The van der Waals surface area contributed by atoms with E-state index >= 15 is 0 Å². The molecule has 4 rings (SSSR count). The third-order valence-electron chi connectivity index (χ3n) is 5.72. The molecule has 0 heterocycles. The highest BCUT2D eigenvalue weighted by Gasteiger charge is 2.18. The van der Waals surface area contributed by atoms with Crippen LogP contribution < -0.4 is 4.74 Å². The number of hydrogen-bond donors (Lipinski definition) is 0. The van der Waals surface area contributed by atoms with Crippen molar-refractivity contribution >= 4 is 5.97 Å². The number of esters is 1. The van der Waals surface area contributed by atoms with Crippen molar-refractivity contribution in [1.29, 1.82) is 5.26 Å². The number of nitrogens with zero attached hydrogens (tertiary/aromatic N) is 1. The number of halogens is 3. The molecule has 0 fully saturated rings. The Morgan fingerprint density at radius 1 is 0.857 bits per heavy atom. The summed E-state index contributed by atoms with van der Waals surface area (Å²) in [6.45, 7) is 2.16. The monoisotopic (exact) mass is 471 g/mol. The molecule has 0 amide bonds. The number of carbonyl (C=O) groups excluding carboxylic acids is 1. The molecule has 0 spiro atoms. The highest BCUT2D eigenvalue weighted by Crippen LogP contribution is 2.26. The van der Waals surface area contributed by atoms with E-state index in [0.29, 0.717) is 23.6 Å². The number of benzene rings is 4. The van der Waals surface area contributed by atoms with Crippen LogP contribution in [0.25, 0.3) is 11.1 Å². The maximum atomic E-state index is 14.7. The molecule has 0 radical (unpaired) electrons. The fourth-order valence-electron chi connectivity index (χ4n) is 3.82. The van der Waals surface area contributed by atoms with Crippen molar-refractivity contribution in [2.24, 2.45) is 0 Å². The first-order valence-corrected chi connectivity index (χ1v) is 10.9. The van der Waals surface area contributed by atoms with Gasteiger partial charge in [0.2, 0.25) is 0 Å². The van der Waals surface area contributed by atoms with Gasteiger partial charge in [-0.05, 0) is 46.7 Å². The van der Waals surface area contributed by atoms with Crippen LogP contribution in [0.1, 0.15) is 39.9 Å². The molecule has 35 heavy (non-hydrogen) atoms. The Morgan fingerprint density at radius 3 is 2.09 bits per heavy atom. The molecule has 0 saturated heterocycles. The second-order valence-corrected chi connectivity index (χ2v) is 8.17. The summed E-state index contributed by atoms with van der Waals surface area (Å²) >= 11 is 0. The third kappa shape index (κ3) is 5.42. The highest BCUT2D eigenvalue weighted by molar-refractivity contribution is 5.92. The molecule has 4 aromatic carbocycles. The Morgan fingerprint density at radius 2 is 1.49 bits per heavy atom. The van der Waals surface area contributed by atoms with Gasteiger partial charge in [-0.3, -0.25) is 0 Å². The lowest BCUT2D eigenvalue weighted by Gasteiger charge is -2.12. The van der Waals surface area contributed by atoms with Crippen molar-refractivity contribution in [3.05, 3.63) is 125 Å². The van der Waals surface area contributed by atoms with E-state index in [0.717, 1.165) is 17.5 Å². The average molecular weight is 471 g/mol. The van der Waals surface area contributed by atoms with Gasteiger partial charge in [-0.1, -0.05) is 67.6 Å². The lowest BCUT2D eigenvalue weighted by molar-refractivity contribution is 0.0729. The van der Waals surface area contributed by atoms with E-state index in [1.165, 1.54) is 23.8 Å². The van der Waals surface area contributed by atoms with Crippen molar-refractivity contribution in [1.82, 2.24) is 0 Å². The molecule has 0 aliphatic carbocycles. The SMILES string of the molecule is C[C@H](Cc1ccc(-c2ccc(C(=O)Oc3cc(F)c(C#N)c(F)c3)c(F)c2)cc1)c1ccccc1. The van der Waals surface area contributed by atoms with Crippen molar-refractivity contribution < 1.29 is 22.7 Å². The van der Waals surface area contributed by atoms with E-state index < -0.39 is 34.7 Å². The number of nitriles is 1. The van der Waals surface area contributed by atoms with Crippen LogP contribution in [0.4, 0.5) is 13.2 Å². The molecule has 4 aromatic rings. The highest BCUT2D eigenvalue weighted by atomic mass is 19.1. The first-order valence-electron chi connectivity index (χ1n) is 10.9. The van der Waals surface area contributed by atoms with E-state index in [9.17, 15) is 18.0 Å². The Labute approximate surface area is 201 Å². The largest absolute Gasteiger partial charge is 0.423 e. The summed E-state index contributed by atoms with van der Waals surface area (Å²) in [6, 6.07) is 24.8. The number of hydrogen-bond acceptors (Lipinski definition) is 3. The van der Waals surface area contributed by atoms with Crippen LogP contribution in [0.3, 0.4) is 0 Å². The van der Waals surface area contributed by atoms with Crippen LogP contribution in [0.5, 0.6) is 5.75 Å². The summed E-state index contributed by atoms with van der Waals surface area (Å²) in [7, 11) is 0. The minimum Gasteiger partial charge on any atom is -0.423 e. The summed E-state index contributed by atoms with van der Waals surface area (Å²) in [6.07, 6.45) is 0.861. The molecular weight excluding hydrogens is 451 g/mol. The zero-order valence-electron chi connectivity index (χ0n) is 18.8. The Kier molecular flexibility index (Phi) is 6.98. The molecule has 1 atom stereocenters. The molecule has 0 aromatic heterocycles. The first kappa shape index (κ1) is 23.8. The Bertz CT molecular complexity index is 1390. The molecule has 0 saturated carbocycles. The quantitative estimate of drug-likeness (QED) is 0.221. The average Bonchev–Trinajstić information content (AvgIpc) is 2.84. The summed E-state index contributed by atoms with van der Waals surface area (Å²) in [5, 5.41) is 8.72. The number of carbonyl (C=O) groups is 1. The molecule has 6 heteroatoms. The van der Waals surface area contributed by atoms with E-state index in [1.54, 1.807) is 6.07 Å². The summed E-state index contributed by atoms with van der Waals surface area (Å²) in [5.74, 6) is -4.40. The normalized spacial score (nSPS) is 11.5. The van der Waals surface area contributed by atoms with Gasteiger partial charge in [0.05, 0.1) is 5.56 Å². The first-order chi connectivity index (χ1) is 16.9. The van der Waals surface area contributed by atoms with Crippen LogP contribution in [-0.4, -0.2) is 5.97 Å². The van der Waals surface area contributed by atoms with Crippen molar-refractivity contribution in [2.45, 2.75) is 19.3 Å². The third-order valence-corrected chi connectivity index (χ3v) is 5.72. The minimum absolute atomic E-state index is 0.350. The Hall–Kier alpha value is -4.37. The predicted molar refractivity (Wildman–Crippen MR) is 126 cm³/mol. The minimum atomic E-state index is -1.17. The second-order valence-electron chi connectivity index (χ2n) is 8.17. The van der Waals surface area contributed by atoms with Gasteiger partial charge in [0, 0.05) is 12.1 Å². The molecular formula is C29H20F3NO2. The second kappa shape index (κ2) is 10.3. The summed E-state index contributed by atoms with van der Waals surface area (Å²) in [4.78, 5) is 12.4. The lowest BCUT2D eigenvalue weighted by Crippen LogP contribution is -2.11. The van der Waals surface area contributed by atoms with Crippen LogP contribution in [0.2, 0.25) is 0 Å². The topological polar surface area (TPSA) is 50.1 Å². The molecule has 0 aliphatic rings. The van der Waals surface area contributed by atoms with Gasteiger partial charge in [0.25, 0.3) is 0 Å². The zero-order valence-corrected chi connectivity index (χ0v) is 18.8. The summed E-state index contributed by atoms with van der Waals surface area (Å²) < 4.78 is 47.1. The number of ether oxygens (including phenoxy) is 1. The van der Waals surface area contributed by atoms with Crippen molar-refractivity contribution in [3.63, 3.8) is 0 Å². The zero-order chi connectivity index (χ0) is 24.9. The van der Waals surface area contributed by atoms with Crippen molar-refractivity contribution in [3.8, 4) is 22.9 Å². The van der Waals surface area contributed by atoms with Gasteiger partial charge in [-0.25, -0.2) is 18.0 Å². The maximum Gasteiger partial charge on any atom is 0.346 e. The standard InChI is InChI=1S/C29H20F3NO2/c1-18(20-5-3-2-4-6-20)13-19-7-9-21(10-8-19)22-11-12-24(26(30)14-22)29(34)35-23-15-27(31)25(17-33)28(32)16-23/h2-12,14-16,18H,13H2,1H3/t18-/m1/s1. The maximum absolute atomic E-state index is 14.7. The van der Waals surface area contributed by atoms with Gasteiger partial charge in [0.1, 0.15) is 34.8 Å². The fourth-order valence-corrected chi connectivity index (χ4v) is 3.82. The molecule has 0 aliphatic heterocycles. The molecule has 0 unspecified atom stereocenters. The van der Waals surface area contributed by atoms with E-state index in [2.05, 4.69) is 19.1 Å². The summed E-state index contributed by atoms with van der Waals surface area (Å²) in [5.41, 5.74) is 2.57. The van der Waals surface area contributed by atoms with Gasteiger partial charge in [-0.15, -0.1) is 0 Å². The molecule has 0 N–H and O–H groups in total. The van der Waals surface area contributed by atoms with Crippen LogP contribution in [-0.2, 0) is 6.42 Å². The van der Waals surface area contributed by atoms with Crippen LogP contribution >= 0.6 is 0 Å². The Balaban J connectivity index is 1.47. The van der Waals surface area contributed by atoms with Crippen LogP contribution in [0, 0.1) is 28.8 Å². The van der Waals surface area contributed by atoms with E-state index in [-0.39, 0.29) is 5.56 Å². The lowest BCUT2D eigenvalue weighted by atomic mass is 9.93. The fraction of sp³-hybridized carbons (Fsp3) is 0.103. The van der Waals surface area contributed by atoms with Gasteiger partial charge < -0.3 is 4.74 Å². The molecule has 0 bridgehead atoms. The number of rotatable bonds is 6. The van der Waals surface area contributed by atoms with Gasteiger partial charge in [-0.2, -0.15) is 5.26 Å².